The summed E-state index contributed by atoms with van der Waals surface area (Å²) < 4.78 is 6.73. The Morgan fingerprint density at radius 1 is 1.14 bits per heavy atom. The number of nitrogens with zero attached hydrogens (tertiary/aromatic N) is 3. The van der Waals surface area contributed by atoms with Crippen molar-refractivity contribution < 1.29 is 14.5 Å². The summed E-state index contributed by atoms with van der Waals surface area (Å²) in [4.78, 5) is 26.5. The van der Waals surface area contributed by atoms with Gasteiger partial charge in [-0.25, -0.2) is 9.78 Å². The second-order valence-corrected chi connectivity index (χ2v) is 6.25. The molecule has 0 atom stereocenters. The third kappa shape index (κ3) is 3.51. The van der Waals surface area contributed by atoms with Gasteiger partial charge in [0.05, 0.1) is 23.1 Å². The molecule has 4 rings (SSSR count). The zero-order valence-electron chi connectivity index (χ0n) is 15.4. The molecule has 0 saturated carbocycles. The average molecular weight is 388 g/mol. The van der Waals surface area contributed by atoms with E-state index in [1.54, 1.807) is 12.1 Å². The smallest absolute Gasteiger partial charge is 0.337 e. The van der Waals surface area contributed by atoms with E-state index in [4.69, 9.17) is 4.74 Å². The molecule has 2 aromatic carbocycles. The first-order chi connectivity index (χ1) is 14.1. The van der Waals surface area contributed by atoms with Gasteiger partial charge in [-0.05, 0) is 48.5 Å². The van der Waals surface area contributed by atoms with Crippen molar-refractivity contribution in [2.24, 2.45) is 0 Å². The Bertz CT molecular complexity index is 1230. The molecule has 1 N–H and O–H groups in total. The number of benzene rings is 2. The van der Waals surface area contributed by atoms with E-state index in [2.05, 4.69) is 10.3 Å². The van der Waals surface area contributed by atoms with Gasteiger partial charge in [0.1, 0.15) is 0 Å². The second-order valence-electron chi connectivity index (χ2n) is 6.25. The van der Waals surface area contributed by atoms with E-state index in [0.29, 0.717) is 11.3 Å². The normalized spacial score (nSPS) is 10.7. The molecule has 2 aromatic heterocycles. The largest absolute Gasteiger partial charge is 0.465 e. The maximum atomic E-state index is 11.7. The van der Waals surface area contributed by atoms with Gasteiger partial charge in [-0.2, -0.15) is 0 Å². The minimum Gasteiger partial charge on any atom is -0.465 e. The lowest BCUT2D eigenvalue weighted by molar-refractivity contribution is -0.384. The molecule has 8 nitrogen and oxygen atoms in total. The quantitative estimate of drug-likeness (QED) is 0.308. The van der Waals surface area contributed by atoms with Crippen molar-refractivity contribution in [2.45, 2.75) is 0 Å². The van der Waals surface area contributed by atoms with Crippen molar-refractivity contribution in [2.75, 3.05) is 12.4 Å². The van der Waals surface area contributed by atoms with Gasteiger partial charge in [0.2, 0.25) is 5.82 Å². The first-order valence-electron chi connectivity index (χ1n) is 8.73. The summed E-state index contributed by atoms with van der Waals surface area (Å²) in [5.41, 5.74) is 2.82. The summed E-state index contributed by atoms with van der Waals surface area (Å²) in [5, 5.41) is 15.1. The summed E-state index contributed by atoms with van der Waals surface area (Å²) >= 11 is 0. The predicted molar refractivity (Wildman–Crippen MR) is 109 cm³/mol. The van der Waals surface area contributed by atoms with Gasteiger partial charge in [-0.3, -0.25) is 10.1 Å². The molecular weight excluding hydrogens is 372 g/mol. The molecule has 144 valence electrons. The van der Waals surface area contributed by atoms with Crippen LogP contribution in [0.4, 0.5) is 17.2 Å². The van der Waals surface area contributed by atoms with Gasteiger partial charge < -0.3 is 14.6 Å². The zero-order chi connectivity index (χ0) is 20.4. The number of pyridine rings is 1. The Labute approximate surface area is 165 Å². The fourth-order valence-electron chi connectivity index (χ4n) is 3.12. The van der Waals surface area contributed by atoms with Gasteiger partial charge in [0.15, 0.2) is 0 Å². The number of nitrogens with one attached hydrogen (secondary N) is 1. The SMILES string of the molecule is COC(=O)c1ccc2c(ccn2-c2cccc(Nc3ncccc3[N+](=O)[O-])c2)c1. The first kappa shape index (κ1) is 18.2. The van der Waals surface area contributed by atoms with Crippen molar-refractivity contribution >= 4 is 34.1 Å². The van der Waals surface area contributed by atoms with Crippen LogP contribution in [-0.4, -0.2) is 27.6 Å². The van der Waals surface area contributed by atoms with Crippen LogP contribution in [0.1, 0.15) is 10.4 Å². The number of anilines is 2. The standard InChI is InChI=1S/C21H16N4O4/c1-29-21(26)15-7-8-18-14(12-15)9-11-24(18)17-5-2-4-16(13-17)23-20-19(25(27)28)6-3-10-22-20/h2-13H,1H3,(H,22,23). The number of nitro groups is 1. The number of carbonyl (C=O) groups is 1. The molecule has 2 heterocycles. The van der Waals surface area contributed by atoms with Crippen molar-refractivity contribution in [1.29, 1.82) is 0 Å². The molecule has 0 amide bonds. The summed E-state index contributed by atoms with van der Waals surface area (Å²) in [6.45, 7) is 0. The van der Waals surface area contributed by atoms with E-state index >= 15 is 0 Å². The van der Waals surface area contributed by atoms with Crippen LogP contribution in [0, 0.1) is 10.1 Å². The monoisotopic (exact) mass is 388 g/mol. The van der Waals surface area contributed by atoms with Crippen LogP contribution in [0.2, 0.25) is 0 Å². The molecule has 0 spiro atoms. The number of aromatic nitrogens is 2. The van der Waals surface area contributed by atoms with Gasteiger partial charge >= 0.3 is 11.7 Å². The summed E-state index contributed by atoms with van der Waals surface area (Å²) in [6, 6.07) is 17.6. The number of carbonyl (C=O) groups excluding carboxylic acids is 1. The van der Waals surface area contributed by atoms with Crippen molar-refractivity contribution in [3.8, 4) is 5.69 Å². The average Bonchev–Trinajstić information content (AvgIpc) is 3.17. The minimum atomic E-state index is -0.475. The highest BCUT2D eigenvalue weighted by Gasteiger charge is 2.14. The number of hydrogen-bond acceptors (Lipinski definition) is 6. The fraction of sp³-hybridized carbons (Fsp3) is 0.0476. The summed E-state index contributed by atoms with van der Waals surface area (Å²) in [7, 11) is 1.35. The van der Waals surface area contributed by atoms with Crippen LogP contribution in [0.15, 0.2) is 73.1 Å². The third-order valence-corrected chi connectivity index (χ3v) is 4.48. The topological polar surface area (TPSA) is 99.3 Å². The lowest BCUT2D eigenvalue weighted by atomic mass is 10.1. The van der Waals surface area contributed by atoms with E-state index in [1.807, 2.05) is 47.2 Å². The Balaban J connectivity index is 1.69. The Morgan fingerprint density at radius 2 is 2.00 bits per heavy atom. The Kier molecular flexibility index (Phi) is 4.66. The van der Waals surface area contributed by atoms with Crippen LogP contribution in [-0.2, 0) is 4.74 Å². The van der Waals surface area contributed by atoms with Gasteiger partial charge in [-0.15, -0.1) is 0 Å². The number of methoxy groups -OCH3 is 1. The highest BCUT2D eigenvalue weighted by Crippen LogP contribution is 2.27. The van der Waals surface area contributed by atoms with E-state index in [1.165, 1.54) is 25.4 Å². The van der Waals surface area contributed by atoms with Gasteiger partial charge in [-0.1, -0.05) is 6.07 Å². The van der Waals surface area contributed by atoms with Crippen LogP contribution >= 0.6 is 0 Å². The minimum absolute atomic E-state index is 0.0975. The predicted octanol–water partition coefficient (Wildman–Crippen LogP) is 4.46. The van der Waals surface area contributed by atoms with E-state index in [9.17, 15) is 14.9 Å². The molecule has 0 aliphatic heterocycles. The summed E-state index contributed by atoms with van der Waals surface area (Å²) in [5.74, 6) is -0.211. The number of esters is 1. The Morgan fingerprint density at radius 3 is 2.79 bits per heavy atom. The number of ether oxygens (including phenoxy) is 1. The lowest BCUT2D eigenvalue weighted by Crippen LogP contribution is -2.01. The number of fused-ring (bicyclic) bond motifs is 1. The molecule has 0 radical (unpaired) electrons. The molecule has 4 aromatic rings. The van der Waals surface area contributed by atoms with E-state index < -0.39 is 4.92 Å². The van der Waals surface area contributed by atoms with Crippen molar-refractivity contribution in [3.05, 3.63) is 88.7 Å². The molecule has 0 saturated heterocycles. The van der Waals surface area contributed by atoms with Gasteiger partial charge in [0.25, 0.3) is 0 Å². The molecule has 0 bridgehead atoms. The molecule has 0 unspecified atom stereocenters. The van der Waals surface area contributed by atoms with Crippen LogP contribution in [0.3, 0.4) is 0 Å². The van der Waals surface area contributed by atoms with Crippen LogP contribution in [0.5, 0.6) is 0 Å². The highest BCUT2D eigenvalue weighted by molar-refractivity contribution is 5.95. The zero-order valence-corrected chi connectivity index (χ0v) is 15.4. The Hall–Kier alpha value is -4.20. The maximum Gasteiger partial charge on any atom is 0.337 e. The third-order valence-electron chi connectivity index (χ3n) is 4.48. The fourth-order valence-corrected chi connectivity index (χ4v) is 3.12. The molecular formula is C21H16N4O4. The molecule has 0 fully saturated rings. The van der Waals surface area contributed by atoms with Crippen LogP contribution in [0.25, 0.3) is 16.6 Å². The van der Waals surface area contributed by atoms with Gasteiger partial charge in [0, 0.05) is 35.2 Å². The highest BCUT2D eigenvalue weighted by atomic mass is 16.6. The molecule has 0 aliphatic rings. The van der Waals surface area contributed by atoms with E-state index in [-0.39, 0.29) is 17.5 Å². The molecule has 29 heavy (non-hydrogen) atoms. The molecule has 8 heteroatoms. The van der Waals surface area contributed by atoms with Crippen molar-refractivity contribution in [3.63, 3.8) is 0 Å². The van der Waals surface area contributed by atoms with Crippen molar-refractivity contribution in [1.82, 2.24) is 9.55 Å². The second kappa shape index (κ2) is 7.43. The number of rotatable bonds is 5. The first-order valence-corrected chi connectivity index (χ1v) is 8.73. The lowest BCUT2D eigenvalue weighted by Gasteiger charge is -2.10. The number of hydrogen-bond donors (Lipinski definition) is 1. The molecule has 0 aliphatic carbocycles. The maximum absolute atomic E-state index is 11.7. The van der Waals surface area contributed by atoms with E-state index in [0.717, 1.165) is 16.6 Å². The van der Waals surface area contributed by atoms with Crippen LogP contribution < -0.4 is 5.32 Å². The summed E-state index contributed by atoms with van der Waals surface area (Å²) in [6.07, 6.45) is 3.39.